The number of ether oxygens (including phenoxy) is 1. The second kappa shape index (κ2) is 5.16. The van der Waals surface area contributed by atoms with E-state index in [2.05, 4.69) is 9.97 Å². The molecule has 0 saturated heterocycles. The van der Waals surface area contributed by atoms with Crippen molar-refractivity contribution in [2.24, 2.45) is 5.73 Å². The molecule has 0 amide bonds. The van der Waals surface area contributed by atoms with Crippen molar-refractivity contribution in [1.29, 1.82) is 0 Å². The number of aromatic nitrogens is 2. The van der Waals surface area contributed by atoms with E-state index in [1.807, 2.05) is 0 Å². The molecule has 0 aliphatic heterocycles. The van der Waals surface area contributed by atoms with Crippen molar-refractivity contribution in [3.05, 3.63) is 46.8 Å². The number of hydrogen-bond donors (Lipinski definition) is 2. The molecule has 0 aliphatic rings. The second-order valence-electron chi connectivity index (χ2n) is 3.42. The number of halogens is 2. The number of H-pyrrole nitrogens is 1. The van der Waals surface area contributed by atoms with Gasteiger partial charge < -0.3 is 15.5 Å². The van der Waals surface area contributed by atoms with Crippen molar-refractivity contribution in [1.82, 2.24) is 9.97 Å². The van der Waals surface area contributed by atoms with Gasteiger partial charge in [0.2, 0.25) is 0 Å². The van der Waals surface area contributed by atoms with Gasteiger partial charge in [-0.15, -0.1) is 0 Å². The van der Waals surface area contributed by atoms with E-state index < -0.39 is 5.82 Å². The number of nitrogens with two attached hydrogens (primary N) is 1. The van der Waals surface area contributed by atoms with Crippen molar-refractivity contribution in [3.8, 4) is 5.75 Å². The number of aromatic amines is 1. The fourth-order valence-corrected chi connectivity index (χ4v) is 1.54. The van der Waals surface area contributed by atoms with Crippen molar-refractivity contribution >= 4 is 11.6 Å². The Morgan fingerprint density at radius 1 is 1.47 bits per heavy atom. The van der Waals surface area contributed by atoms with Gasteiger partial charge >= 0.3 is 0 Å². The molecule has 0 unspecified atom stereocenters. The average molecular weight is 256 g/mol. The number of benzene rings is 1. The molecule has 0 spiro atoms. The summed E-state index contributed by atoms with van der Waals surface area (Å²) in [6.45, 7) is 0.621. The predicted octanol–water partition coefficient (Wildman–Crippen LogP) is 2.24. The van der Waals surface area contributed by atoms with Crippen LogP contribution in [0.4, 0.5) is 4.39 Å². The number of imidazole rings is 1. The lowest BCUT2D eigenvalue weighted by atomic mass is 10.3. The lowest BCUT2D eigenvalue weighted by molar-refractivity contribution is 0.296. The second-order valence-corrected chi connectivity index (χ2v) is 3.83. The summed E-state index contributed by atoms with van der Waals surface area (Å²) in [4.78, 5) is 7.06. The average Bonchev–Trinajstić information content (AvgIpc) is 2.76. The van der Waals surface area contributed by atoms with E-state index in [1.54, 1.807) is 6.20 Å². The molecular weight excluding hydrogens is 245 g/mol. The Balaban J connectivity index is 2.02. The molecule has 0 fully saturated rings. The third-order valence-corrected chi connectivity index (χ3v) is 2.45. The van der Waals surface area contributed by atoms with Crippen LogP contribution in [0.25, 0.3) is 0 Å². The van der Waals surface area contributed by atoms with Gasteiger partial charge in [0.05, 0.1) is 5.02 Å². The minimum absolute atomic E-state index is 0.228. The van der Waals surface area contributed by atoms with E-state index in [0.717, 1.165) is 5.69 Å². The summed E-state index contributed by atoms with van der Waals surface area (Å²) in [6, 6.07) is 3.96. The largest absolute Gasteiger partial charge is 0.484 e. The fourth-order valence-electron chi connectivity index (χ4n) is 1.32. The molecular formula is C11H11ClFN3O. The highest BCUT2D eigenvalue weighted by Crippen LogP contribution is 2.25. The third kappa shape index (κ3) is 2.95. The standard InChI is InChI=1S/C11H11ClFN3O/c12-9-3-7(13)1-2-10(9)17-6-11-15-5-8(4-14)16-11/h1-3,5H,4,6,14H2,(H,15,16). The van der Waals surface area contributed by atoms with E-state index in [0.29, 0.717) is 18.1 Å². The molecule has 0 saturated carbocycles. The smallest absolute Gasteiger partial charge is 0.146 e. The lowest BCUT2D eigenvalue weighted by Crippen LogP contribution is -2.00. The van der Waals surface area contributed by atoms with Crippen LogP contribution in [0.5, 0.6) is 5.75 Å². The van der Waals surface area contributed by atoms with Crippen LogP contribution >= 0.6 is 11.6 Å². The van der Waals surface area contributed by atoms with Gasteiger partial charge in [-0.05, 0) is 18.2 Å². The molecule has 2 aromatic rings. The van der Waals surface area contributed by atoms with E-state index in [-0.39, 0.29) is 11.6 Å². The molecule has 1 aromatic carbocycles. The van der Waals surface area contributed by atoms with Gasteiger partial charge in [0.1, 0.15) is 24.0 Å². The summed E-state index contributed by atoms with van der Waals surface area (Å²) < 4.78 is 18.2. The van der Waals surface area contributed by atoms with Crippen molar-refractivity contribution in [3.63, 3.8) is 0 Å². The molecule has 1 aromatic heterocycles. The van der Waals surface area contributed by atoms with Crippen LogP contribution < -0.4 is 10.5 Å². The van der Waals surface area contributed by atoms with Gasteiger partial charge in [-0.2, -0.15) is 0 Å². The van der Waals surface area contributed by atoms with E-state index in [9.17, 15) is 4.39 Å². The first kappa shape index (κ1) is 11.9. The van der Waals surface area contributed by atoms with E-state index >= 15 is 0 Å². The molecule has 3 N–H and O–H groups in total. The molecule has 6 heteroatoms. The molecule has 17 heavy (non-hydrogen) atoms. The zero-order chi connectivity index (χ0) is 12.3. The van der Waals surface area contributed by atoms with Gasteiger partial charge in [0.15, 0.2) is 0 Å². The Morgan fingerprint density at radius 2 is 2.29 bits per heavy atom. The maximum absolute atomic E-state index is 12.8. The summed E-state index contributed by atoms with van der Waals surface area (Å²) in [6.07, 6.45) is 1.64. The highest BCUT2D eigenvalue weighted by molar-refractivity contribution is 6.32. The van der Waals surface area contributed by atoms with Gasteiger partial charge in [0, 0.05) is 18.4 Å². The molecule has 4 nitrogen and oxygen atoms in total. The number of nitrogens with zero attached hydrogens (tertiary/aromatic N) is 1. The normalized spacial score (nSPS) is 10.5. The summed E-state index contributed by atoms with van der Waals surface area (Å²) in [7, 11) is 0. The van der Waals surface area contributed by atoms with Crippen molar-refractivity contribution < 1.29 is 9.13 Å². The SMILES string of the molecule is NCc1cnc(COc2ccc(F)cc2Cl)[nH]1. The molecule has 0 atom stereocenters. The van der Waals surface area contributed by atoms with Gasteiger partial charge in [-0.25, -0.2) is 9.37 Å². The van der Waals surface area contributed by atoms with E-state index in [1.165, 1.54) is 18.2 Å². The number of rotatable bonds is 4. The molecule has 2 rings (SSSR count). The zero-order valence-corrected chi connectivity index (χ0v) is 9.67. The summed E-state index contributed by atoms with van der Waals surface area (Å²) in [5.41, 5.74) is 6.26. The van der Waals surface area contributed by atoms with Crippen LogP contribution in [-0.2, 0) is 13.2 Å². The van der Waals surface area contributed by atoms with Crippen LogP contribution in [0.15, 0.2) is 24.4 Å². The lowest BCUT2D eigenvalue weighted by Gasteiger charge is -2.06. The Labute approximate surface area is 103 Å². The van der Waals surface area contributed by atoms with E-state index in [4.69, 9.17) is 22.1 Å². The first-order chi connectivity index (χ1) is 8.19. The quantitative estimate of drug-likeness (QED) is 0.881. The third-order valence-electron chi connectivity index (χ3n) is 2.16. The molecule has 90 valence electrons. The monoisotopic (exact) mass is 255 g/mol. The predicted molar refractivity (Wildman–Crippen MR) is 62.2 cm³/mol. The summed E-state index contributed by atoms with van der Waals surface area (Å²) >= 11 is 5.81. The van der Waals surface area contributed by atoms with Crippen molar-refractivity contribution in [2.45, 2.75) is 13.2 Å². The molecule has 0 radical (unpaired) electrons. The number of hydrogen-bond acceptors (Lipinski definition) is 3. The maximum Gasteiger partial charge on any atom is 0.146 e. The fraction of sp³-hybridized carbons (Fsp3) is 0.182. The van der Waals surface area contributed by atoms with Gasteiger partial charge in [-0.3, -0.25) is 0 Å². The van der Waals surface area contributed by atoms with Crippen LogP contribution in [-0.4, -0.2) is 9.97 Å². The van der Waals surface area contributed by atoms with Crippen LogP contribution in [0.3, 0.4) is 0 Å². The first-order valence-corrected chi connectivity index (χ1v) is 5.37. The Morgan fingerprint density at radius 3 is 2.94 bits per heavy atom. The molecule has 0 bridgehead atoms. The minimum atomic E-state index is -0.397. The van der Waals surface area contributed by atoms with Crippen LogP contribution in [0, 0.1) is 5.82 Å². The van der Waals surface area contributed by atoms with Crippen LogP contribution in [0.1, 0.15) is 11.5 Å². The Kier molecular flexibility index (Phi) is 3.61. The highest BCUT2D eigenvalue weighted by atomic mass is 35.5. The summed E-state index contributed by atoms with van der Waals surface area (Å²) in [5, 5.41) is 0.232. The maximum atomic E-state index is 12.8. The number of nitrogens with one attached hydrogen (secondary N) is 1. The Bertz CT molecular complexity index is 515. The molecule has 0 aliphatic carbocycles. The van der Waals surface area contributed by atoms with Gasteiger partial charge in [-0.1, -0.05) is 11.6 Å². The minimum Gasteiger partial charge on any atom is -0.484 e. The Hall–Kier alpha value is -1.59. The van der Waals surface area contributed by atoms with Gasteiger partial charge in [0.25, 0.3) is 0 Å². The highest BCUT2D eigenvalue weighted by Gasteiger charge is 2.05. The first-order valence-electron chi connectivity index (χ1n) is 4.99. The summed E-state index contributed by atoms with van der Waals surface area (Å²) in [5.74, 6) is 0.662. The topological polar surface area (TPSA) is 63.9 Å². The van der Waals surface area contributed by atoms with Crippen LogP contribution in [0.2, 0.25) is 5.02 Å². The zero-order valence-electron chi connectivity index (χ0n) is 8.91. The van der Waals surface area contributed by atoms with Crippen molar-refractivity contribution in [2.75, 3.05) is 0 Å². The molecule has 1 heterocycles.